The molecule has 1 aromatic carbocycles. The van der Waals surface area contributed by atoms with Gasteiger partial charge in [-0.2, -0.15) is 0 Å². The second-order valence-corrected chi connectivity index (χ2v) is 6.74. The molecule has 2 fully saturated rings. The van der Waals surface area contributed by atoms with Gasteiger partial charge < -0.3 is 5.11 Å². The normalized spacial score (nSPS) is 28.3. The van der Waals surface area contributed by atoms with Crippen LogP contribution in [0, 0.1) is 5.92 Å². The summed E-state index contributed by atoms with van der Waals surface area (Å²) in [4.78, 5) is 47.9. The highest BCUT2D eigenvalue weighted by molar-refractivity contribution is 6.06. The highest BCUT2D eigenvalue weighted by atomic mass is 16.3. The second-order valence-electron chi connectivity index (χ2n) is 6.74. The average molecular weight is 370 g/mol. The topological polar surface area (TPSA) is 119 Å². The lowest BCUT2D eigenvalue weighted by molar-refractivity contribution is -0.127. The molecule has 0 saturated carbocycles. The first-order valence-corrected chi connectivity index (χ1v) is 8.58. The summed E-state index contributed by atoms with van der Waals surface area (Å²) in [5.74, 6) is -2.57. The van der Waals surface area contributed by atoms with E-state index in [4.69, 9.17) is 0 Å². The molecular weight excluding hydrogens is 352 g/mol. The van der Waals surface area contributed by atoms with Gasteiger partial charge >= 0.3 is 0 Å². The van der Waals surface area contributed by atoms with E-state index in [2.05, 4.69) is 10.6 Å². The molecular formula is C18H18N4O5. The van der Waals surface area contributed by atoms with E-state index in [1.807, 2.05) is 6.07 Å². The number of anilines is 1. The SMILES string of the molecule is CC1=C(C2CC(=O)NC2=O)C(O)N(c2ccccc2)N1C1CC(=O)NC1=O. The molecule has 0 aromatic heterocycles. The number of aliphatic hydroxyl groups excluding tert-OH is 1. The van der Waals surface area contributed by atoms with E-state index in [0.29, 0.717) is 17.0 Å². The van der Waals surface area contributed by atoms with Crippen LogP contribution in [0.2, 0.25) is 0 Å². The van der Waals surface area contributed by atoms with E-state index < -0.39 is 41.8 Å². The van der Waals surface area contributed by atoms with Crippen LogP contribution in [0.3, 0.4) is 0 Å². The van der Waals surface area contributed by atoms with E-state index in [1.54, 1.807) is 36.2 Å². The number of carbonyl (C=O) groups excluding carboxylic acids is 4. The van der Waals surface area contributed by atoms with Crippen molar-refractivity contribution in [2.75, 3.05) is 5.01 Å². The first kappa shape index (κ1) is 17.2. The maximum absolute atomic E-state index is 12.3. The van der Waals surface area contributed by atoms with Crippen LogP contribution in [0.4, 0.5) is 5.69 Å². The molecule has 1 aromatic rings. The number of nitrogens with zero attached hydrogens (tertiary/aromatic N) is 2. The Morgan fingerprint density at radius 3 is 2.11 bits per heavy atom. The summed E-state index contributed by atoms with van der Waals surface area (Å²) in [6.45, 7) is 1.67. The Hall–Kier alpha value is -3.20. The monoisotopic (exact) mass is 370 g/mol. The van der Waals surface area contributed by atoms with Crippen LogP contribution < -0.4 is 15.6 Å². The second kappa shape index (κ2) is 6.20. The predicted molar refractivity (Wildman–Crippen MR) is 92.3 cm³/mol. The number of hydrogen-bond acceptors (Lipinski definition) is 7. The Balaban J connectivity index is 1.80. The lowest BCUT2D eigenvalue weighted by Gasteiger charge is -2.37. The van der Waals surface area contributed by atoms with Crippen molar-refractivity contribution in [2.24, 2.45) is 5.92 Å². The number of nitrogens with one attached hydrogen (secondary N) is 2. The molecule has 140 valence electrons. The van der Waals surface area contributed by atoms with Crippen LogP contribution in [-0.4, -0.2) is 46.0 Å². The standard InChI is InChI=1S/C18H18N4O5/c1-9-15(11-7-13(23)19-16(11)25)18(27)22(10-5-3-2-4-6-10)21(9)12-8-14(24)20-17(12)26/h2-6,11-12,18,27H,7-8H2,1H3,(H,19,23,25)(H,20,24,26). The third kappa shape index (κ3) is 2.67. The molecule has 27 heavy (non-hydrogen) atoms. The summed E-state index contributed by atoms with van der Waals surface area (Å²) in [6, 6.07) is 8.03. The largest absolute Gasteiger partial charge is 0.368 e. The summed E-state index contributed by atoms with van der Waals surface area (Å²) in [6.07, 6.45) is -1.36. The Morgan fingerprint density at radius 1 is 0.926 bits per heavy atom. The zero-order valence-electron chi connectivity index (χ0n) is 14.5. The molecule has 9 heteroatoms. The zero-order chi connectivity index (χ0) is 19.3. The number of para-hydroxylation sites is 1. The lowest BCUT2D eigenvalue weighted by Crippen LogP contribution is -2.50. The van der Waals surface area contributed by atoms with E-state index in [1.165, 1.54) is 5.01 Å². The molecule has 0 bridgehead atoms. The van der Waals surface area contributed by atoms with Gasteiger partial charge in [-0.25, -0.2) is 0 Å². The van der Waals surface area contributed by atoms with Gasteiger partial charge in [0.2, 0.25) is 17.7 Å². The van der Waals surface area contributed by atoms with Crippen LogP contribution in [0.5, 0.6) is 0 Å². The molecule has 3 aliphatic heterocycles. The van der Waals surface area contributed by atoms with Gasteiger partial charge in [-0.3, -0.25) is 39.8 Å². The molecule has 3 heterocycles. The number of carbonyl (C=O) groups is 4. The Labute approximate surface area is 154 Å². The minimum absolute atomic E-state index is 0.0602. The van der Waals surface area contributed by atoms with Crippen molar-refractivity contribution in [3.63, 3.8) is 0 Å². The maximum Gasteiger partial charge on any atom is 0.251 e. The summed E-state index contributed by atoms with van der Waals surface area (Å²) >= 11 is 0. The van der Waals surface area contributed by atoms with Crippen molar-refractivity contribution < 1.29 is 24.3 Å². The van der Waals surface area contributed by atoms with Gasteiger partial charge in [-0.1, -0.05) is 18.2 Å². The number of aliphatic hydroxyl groups is 1. The Kier molecular flexibility index (Phi) is 3.96. The number of rotatable bonds is 3. The molecule has 0 radical (unpaired) electrons. The van der Waals surface area contributed by atoms with Crippen molar-refractivity contribution in [3.8, 4) is 0 Å². The van der Waals surface area contributed by atoms with Gasteiger partial charge in [0.1, 0.15) is 6.04 Å². The number of imide groups is 2. The third-order valence-electron chi connectivity index (χ3n) is 5.11. The summed E-state index contributed by atoms with van der Waals surface area (Å²) < 4.78 is 0. The zero-order valence-corrected chi connectivity index (χ0v) is 14.5. The van der Waals surface area contributed by atoms with Crippen molar-refractivity contribution in [1.29, 1.82) is 0 Å². The fourth-order valence-corrected chi connectivity index (χ4v) is 3.94. The third-order valence-corrected chi connectivity index (χ3v) is 5.11. The van der Waals surface area contributed by atoms with Gasteiger partial charge in [-0.05, 0) is 19.1 Å². The van der Waals surface area contributed by atoms with Crippen molar-refractivity contribution >= 4 is 29.3 Å². The van der Waals surface area contributed by atoms with Gasteiger partial charge in [0.15, 0.2) is 6.23 Å². The van der Waals surface area contributed by atoms with Crippen LogP contribution in [0.15, 0.2) is 41.6 Å². The fourth-order valence-electron chi connectivity index (χ4n) is 3.94. The predicted octanol–water partition coefficient (Wildman–Crippen LogP) is -0.606. The van der Waals surface area contributed by atoms with Crippen molar-refractivity contribution in [2.45, 2.75) is 32.0 Å². The highest BCUT2D eigenvalue weighted by Crippen LogP contribution is 2.40. The number of allylic oxidation sites excluding steroid dienone is 1. The Morgan fingerprint density at radius 2 is 1.56 bits per heavy atom. The number of hydrogen-bond donors (Lipinski definition) is 3. The molecule has 4 rings (SSSR count). The summed E-state index contributed by atoms with van der Waals surface area (Å²) in [7, 11) is 0. The van der Waals surface area contributed by atoms with Crippen LogP contribution >= 0.6 is 0 Å². The molecule has 4 amide bonds. The van der Waals surface area contributed by atoms with Gasteiger partial charge in [0.25, 0.3) is 5.91 Å². The molecule has 0 aliphatic carbocycles. The van der Waals surface area contributed by atoms with Gasteiger partial charge in [0.05, 0.1) is 18.0 Å². The van der Waals surface area contributed by atoms with E-state index in [9.17, 15) is 24.3 Å². The van der Waals surface area contributed by atoms with Crippen molar-refractivity contribution in [1.82, 2.24) is 15.6 Å². The quantitative estimate of drug-likeness (QED) is 0.608. The summed E-state index contributed by atoms with van der Waals surface area (Å²) in [5, 5.41) is 18.6. The van der Waals surface area contributed by atoms with E-state index in [-0.39, 0.29) is 12.8 Å². The van der Waals surface area contributed by atoms with Gasteiger partial charge in [0, 0.05) is 17.7 Å². The molecule has 2 saturated heterocycles. The highest BCUT2D eigenvalue weighted by Gasteiger charge is 2.49. The van der Waals surface area contributed by atoms with Gasteiger partial charge in [-0.15, -0.1) is 0 Å². The Bertz CT molecular complexity index is 881. The van der Waals surface area contributed by atoms with Crippen LogP contribution in [0.1, 0.15) is 19.8 Å². The first-order valence-electron chi connectivity index (χ1n) is 8.58. The van der Waals surface area contributed by atoms with Crippen LogP contribution in [0.25, 0.3) is 0 Å². The van der Waals surface area contributed by atoms with E-state index in [0.717, 1.165) is 0 Å². The molecule has 3 aliphatic rings. The molecule has 0 spiro atoms. The first-order chi connectivity index (χ1) is 12.9. The molecule has 3 N–H and O–H groups in total. The summed E-state index contributed by atoms with van der Waals surface area (Å²) in [5.41, 5.74) is 1.43. The lowest BCUT2D eigenvalue weighted by atomic mass is 9.94. The van der Waals surface area contributed by atoms with Crippen LogP contribution in [-0.2, 0) is 19.2 Å². The molecule has 9 nitrogen and oxygen atoms in total. The number of amides is 4. The van der Waals surface area contributed by atoms with Crippen molar-refractivity contribution in [3.05, 3.63) is 41.6 Å². The fraction of sp³-hybridized carbons (Fsp3) is 0.333. The number of benzene rings is 1. The molecule has 3 unspecified atom stereocenters. The minimum atomic E-state index is -1.24. The maximum atomic E-state index is 12.3. The van der Waals surface area contributed by atoms with E-state index >= 15 is 0 Å². The number of hydrazine groups is 1. The molecule has 3 atom stereocenters. The smallest absolute Gasteiger partial charge is 0.251 e. The average Bonchev–Trinajstić information content (AvgIpc) is 3.21. The minimum Gasteiger partial charge on any atom is -0.368 e.